The molecule has 0 radical (unpaired) electrons. The molecule has 0 unspecified atom stereocenters. The number of aromatic nitrogens is 3. The lowest BCUT2D eigenvalue weighted by molar-refractivity contribution is 0.125. The number of aryl methyl sites for hydroxylation is 2. The molecule has 2 aliphatic rings. The number of sulfone groups is 1. The summed E-state index contributed by atoms with van der Waals surface area (Å²) >= 11 is 5.87. The van der Waals surface area contributed by atoms with E-state index >= 15 is 0 Å². The van der Waals surface area contributed by atoms with Crippen molar-refractivity contribution in [1.29, 1.82) is 0 Å². The SMILES string of the molecule is CC(C)(C)CCN1CCNCC1.CC(C)(C)CCS(C)(=O)=O.CC(C)(C)CCn1cccn1.CC(C)(C)Cc1ccc(F)cc1.CC(C)(C)Cc1ccccc1.CC(C)(C)c1ccc(F)c(F)c1.CC(C)(C)c1ccc(F)cc1.CC(C)(C)c1ccc(F)cc1Cl.CC(C)(C)c1cccc(F)c1.CC(C)(C)c1ccccn1.CCN1CCN(CCC(C)(C)C)CC1.COc1ccc(C(C)(C)C)cc1.Cc1cc(F)ccc1C(C)(C)C. The number of likely N-dealkylation sites (N-methyl/N-ethyl adjacent to an activating group) is 1. The summed E-state index contributed by atoms with van der Waals surface area (Å²) in [6, 6.07) is 60.5. The van der Waals surface area contributed by atoms with Gasteiger partial charge in [0.15, 0.2) is 11.6 Å². The summed E-state index contributed by atoms with van der Waals surface area (Å²) in [6.07, 6.45) is 13.6. The maximum atomic E-state index is 12.7. The van der Waals surface area contributed by atoms with E-state index < -0.39 is 21.5 Å². The lowest BCUT2D eigenvalue weighted by atomic mass is 9.84. The van der Waals surface area contributed by atoms with Gasteiger partial charge in [-0.3, -0.25) is 9.67 Å². The smallest absolute Gasteiger partial charge is 0.159 e. The maximum absolute atomic E-state index is 12.7. The molecule has 8 aromatic carbocycles. The van der Waals surface area contributed by atoms with Crippen molar-refractivity contribution in [1.82, 2.24) is 34.8 Å². The molecule has 10 nitrogen and oxygen atoms in total. The monoisotopic (exact) mass is 2120 g/mol. The normalized spacial score (nSPS) is 13.5. The Morgan fingerprint density at radius 2 is 0.733 bits per heavy atom. The number of ether oxygens (including phenoxy) is 1. The van der Waals surface area contributed by atoms with Gasteiger partial charge in [-0.2, -0.15) is 5.10 Å². The number of piperazine rings is 2. The van der Waals surface area contributed by atoms with Crippen LogP contribution in [0.2, 0.25) is 5.02 Å². The summed E-state index contributed by atoms with van der Waals surface area (Å²) in [5.74, 6) is -1.26. The van der Waals surface area contributed by atoms with Crippen molar-refractivity contribution in [3.05, 3.63) is 326 Å². The number of methoxy groups -OCH3 is 1. The van der Waals surface area contributed by atoms with Gasteiger partial charge in [-0.25, -0.2) is 39.2 Å². The van der Waals surface area contributed by atoms with Crippen LogP contribution in [0.1, 0.15) is 358 Å². The number of halogens is 8. The van der Waals surface area contributed by atoms with Gasteiger partial charge in [0.05, 0.1) is 12.9 Å². The summed E-state index contributed by atoms with van der Waals surface area (Å²) in [6.45, 7) is 103. The van der Waals surface area contributed by atoms with Crippen molar-refractivity contribution in [2.45, 2.75) is 367 Å². The first-order valence-corrected chi connectivity index (χ1v) is 56.3. The number of rotatable bonds is 12. The highest BCUT2D eigenvalue weighted by Gasteiger charge is 2.25. The molecule has 0 spiro atoms. The summed E-state index contributed by atoms with van der Waals surface area (Å²) in [5.41, 5.74) is 14.1. The van der Waals surface area contributed by atoms with Gasteiger partial charge in [-0.05, 0) is 283 Å². The molecule has 2 saturated heterocycles. The van der Waals surface area contributed by atoms with Gasteiger partial charge in [0, 0.05) is 99.9 Å². The molecule has 0 atom stereocenters. The molecule has 12 rings (SSSR count). The van der Waals surface area contributed by atoms with Crippen LogP contribution in [0.5, 0.6) is 5.75 Å². The summed E-state index contributed by atoms with van der Waals surface area (Å²) in [5, 5.41) is 8.01. The van der Waals surface area contributed by atoms with Crippen LogP contribution in [0, 0.1) is 80.1 Å². The number of nitrogens with one attached hydrogen (secondary N) is 1. The Bertz CT molecular complexity index is 5320. The van der Waals surface area contributed by atoms with Gasteiger partial charge >= 0.3 is 0 Å². The Morgan fingerprint density at radius 3 is 1.08 bits per heavy atom. The number of hydrogen-bond donors (Lipinski definition) is 1. The highest BCUT2D eigenvalue weighted by atomic mass is 35.5. The highest BCUT2D eigenvalue weighted by Crippen LogP contribution is 2.34. The topological polar surface area (TPSA) is 95.8 Å². The zero-order valence-electron chi connectivity index (χ0n) is 102. The Labute approximate surface area is 916 Å². The standard InChI is InChI=1S/C12H26N2.2C11H15F.C11H16O.C11H16.C10H12ClF.C10H12F2.2C10H13F.C10H22N2.C9H16N2.C9H13N.C7H16O2S/c1-5-13-8-10-14(11-9-13)7-6-12(2,3)4;1-8-7-9(12)5-6-10(8)11(2,3)4;1-11(2,3)8-9-4-6-10(12)7-5-9;1-11(2,3)9-5-7-10(12-4)8-6-9;1-11(2,3)9-10-7-5-4-6-8-10;1-10(2,3)8-5-4-7(12)6-9(8)11;1-10(2,3)7-4-5-8(11)9(12)6-7;1-10(2,3)8-4-6-9(11)7-5-8;1-10(2,3)8-5-4-6-9(11)7-8;1-10(2,3)4-7-12-8-5-11-6-9-12;1-9(2,3)5-8-11-7-4-6-10-11;1-9(2,3)8-6-4-5-7-10-8;1-7(2,3)5-6-10(4,8)9/h5-11H2,1-4H3;5-7H,1-4H3;4-7H,8H2,1-3H3;5-8H,1-4H3;4-8H,9H2,1-3H3;2*4-6H,1-3H3;2*4-7H,1-3H3;11H,4-9H2,1-3H3;4,6-7H,5,8H2,1-3H3;4-7H,1-3H3;5-6H2,1-4H3. The average molecular weight is 2130 g/mol. The molecule has 2 aliphatic heterocycles. The molecule has 0 bridgehead atoms. The first-order valence-electron chi connectivity index (χ1n) is 53.9. The quantitative estimate of drug-likeness (QED) is 0.120. The van der Waals surface area contributed by atoms with Crippen LogP contribution >= 0.6 is 11.6 Å². The van der Waals surface area contributed by atoms with E-state index in [1.165, 1.54) is 180 Å². The van der Waals surface area contributed by atoms with Crippen LogP contribution in [0.3, 0.4) is 0 Å². The second kappa shape index (κ2) is 65.4. The Morgan fingerprint density at radius 1 is 0.347 bits per heavy atom. The minimum absolute atomic E-state index is 0.0230. The van der Waals surface area contributed by atoms with Gasteiger partial charge in [0.2, 0.25) is 0 Å². The van der Waals surface area contributed by atoms with E-state index in [4.69, 9.17) is 16.3 Å². The molecule has 1 N–H and O–H groups in total. The first kappa shape index (κ1) is 142. The molecular weight excluding hydrogens is 1920 g/mol. The first-order chi connectivity index (χ1) is 68.3. The number of pyridine rings is 1. The predicted molar refractivity (Wildman–Crippen MR) is 635 cm³/mol. The predicted octanol–water partition coefficient (Wildman–Crippen LogP) is 36.0. The van der Waals surface area contributed by atoms with Crippen LogP contribution in [0.15, 0.2) is 225 Å². The average Bonchev–Trinajstić information content (AvgIpc) is 0.877. The fourth-order valence-corrected chi connectivity index (χ4v) is 15.8. The fourth-order valence-electron chi connectivity index (χ4n) is 14.4. The third-order valence-electron chi connectivity index (χ3n) is 23.9. The van der Waals surface area contributed by atoms with E-state index in [0.717, 1.165) is 65.6 Å². The van der Waals surface area contributed by atoms with Crippen LogP contribution in [0.25, 0.3) is 0 Å². The molecule has 0 saturated carbocycles. The Hall–Kier alpha value is -8.49. The van der Waals surface area contributed by atoms with Crippen molar-refractivity contribution < 1.29 is 43.9 Å². The van der Waals surface area contributed by atoms with Crippen LogP contribution in [-0.2, 0) is 67.1 Å². The van der Waals surface area contributed by atoms with Crippen molar-refractivity contribution in [2.24, 2.45) is 32.5 Å². The van der Waals surface area contributed by atoms with Gasteiger partial charge in [-0.15, -0.1) is 0 Å². The molecule has 2 aromatic heterocycles. The number of nitrogens with zero attached hydrogens (tertiary/aromatic N) is 6. The van der Waals surface area contributed by atoms with Crippen molar-refractivity contribution in [3.63, 3.8) is 0 Å². The minimum atomic E-state index is -2.76. The highest BCUT2D eigenvalue weighted by molar-refractivity contribution is 7.90. The van der Waals surface area contributed by atoms with E-state index in [9.17, 15) is 39.2 Å². The second-order valence-electron chi connectivity index (χ2n) is 54.0. The van der Waals surface area contributed by atoms with Gasteiger partial charge in [0.25, 0.3) is 0 Å². The molecule has 0 aliphatic carbocycles. The molecule has 844 valence electrons. The van der Waals surface area contributed by atoms with Crippen LogP contribution in [-0.4, -0.2) is 129 Å². The van der Waals surface area contributed by atoms with Gasteiger partial charge in [0.1, 0.15) is 44.7 Å². The number of hydrogen-bond acceptors (Lipinski definition) is 9. The van der Waals surface area contributed by atoms with E-state index in [1.54, 1.807) is 37.4 Å². The fraction of sp³-hybridized carbons (Fsp3) is 0.573. The lowest BCUT2D eigenvalue weighted by Gasteiger charge is -2.35. The second-order valence-corrected chi connectivity index (χ2v) is 56.7. The maximum Gasteiger partial charge on any atom is 0.159 e. The summed E-state index contributed by atoms with van der Waals surface area (Å²) in [7, 11) is -1.07. The Kier molecular flexibility index (Phi) is 61.7. The Balaban J connectivity index is 0.00000160. The number of benzene rings is 8. The minimum Gasteiger partial charge on any atom is -0.497 e. The molecule has 4 heterocycles. The third-order valence-corrected chi connectivity index (χ3v) is 25.1. The van der Waals surface area contributed by atoms with E-state index in [2.05, 4.69) is 293 Å². The molecule has 150 heavy (non-hydrogen) atoms. The zero-order valence-corrected chi connectivity index (χ0v) is 103. The lowest BCUT2D eigenvalue weighted by Crippen LogP contribution is -2.46. The third kappa shape index (κ3) is 72.2. The molecule has 10 aromatic rings. The van der Waals surface area contributed by atoms with Crippen LogP contribution < -0.4 is 10.1 Å². The van der Waals surface area contributed by atoms with E-state index in [-0.39, 0.29) is 77.8 Å². The molecule has 2 fully saturated rings. The molecular formula is C131H205ClF7N7O3S. The van der Waals surface area contributed by atoms with Gasteiger partial charge in [-0.1, -0.05) is 392 Å². The zero-order chi connectivity index (χ0) is 116. The largest absolute Gasteiger partial charge is 0.497 e. The summed E-state index contributed by atoms with van der Waals surface area (Å²) < 4.78 is 117. The molecule has 19 heteroatoms. The summed E-state index contributed by atoms with van der Waals surface area (Å²) in [4.78, 5) is 12.0. The van der Waals surface area contributed by atoms with Crippen LogP contribution in [0.4, 0.5) is 30.7 Å². The van der Waals surface area contributed by atoms with Crippen molar-refractivity contribution >= 4 is 21.4 Å². The van der Waals surface area contributed by atoms with Gasteiger partial charge < -0.3 is 24.8 Å². The van der Waals surface area contributed by atoms with E-state index in [1.807, 2.05) is 159 Å². The molecule has 0 amide bonds. The van der Waals surface area contributed by atoms with Crippen molar-refractivity contribution in [3.8, 4) is 5.75 Å². The van der Waals surface area contributed by atoms with E-state index in [0.29, 0.717) is 32.4 Å². The van der Waals surface area contributed by atoms with Crippen molar-refractivity contribution in [2.75, 3.05) is 91.1 Å².